The summed E-state index contributed by atoms with van der Waals surface area (Å²) in [5.41, 5.74) is 3.08. The first kappa shape index (κ1) is 17.0. The minimum absolute atomic E-state index is 0.155. The van der Waals surface area contributed by atoms with Crippen LogP contribution < -0.4 is 14.8 Å². The number of benzene rings is 2. The van der Waals surface area contributed by atoms with Crippen molar-refractivity contribution >= 4 is 29.3 Å². The van der Waals surface area contributed by atoms with Gasteiger partial charge in [-0.3, -0.25) is 9.59 Å². The average molecular weight is 353 g/mol. The van der Waals surface area contributed by atoms with Crippen molar-refractivity contribution in [2.24, 2.45) is 0 Å². The molecule has 0 atom stereocenters. The van der Waals surface area contributed by atoms with Crippen LogP contribution in [0.4, 0.5) is 4.39 Å². The van der Waals surface area contributed by atoms with E-state index < -0.39 is 0 Å². The molecular weight excluding hydrogens is 337 g/mol. The highest BCUT2D eigenvalue weighted by Gasteiger charge is 2.05. The van der Waals surface area contributed by atoms with Crippen molar-refractivity contribution in [1.82, 2.24) is 4.98 Å². The number of carbonyl (C=O) groups is 1. The van der Waals surface area contributed by atoms with Crippen molar-refractivity contribution in [3.8, 4) is 0 Å². The summed E-state index contributed by atoms with van der Waals surface area (Å²) >= 11 is 1.20. The largest absolute Gasteiger partial charge is 0.313 e. The molecule has 0 aliphatic heterocycles. The summed E-state index contributed by atoms with van der Waals surface area (Å²) in [7, 11) is 0. The van der Waals surface area contributed by atoms with Crippen LogP contribution in [0.2, 0.25) is 0 Å². The van der Waals surface area contributed by atoms with Crippen molar-refractivity contribution in [1.29, 1.82) is 0 Å². The maximum atomic E-state index is 12.9. The summed E-state index contributed by atoms with van der Waals surface area (Å²) in [4.78, 5) is 27.2. The average Bonchev–Trinajstić information content (AvgIpc) is 2.88. The quantitative estimate of drug-likeness (QED) is 0.736. The van der Waals surface area contributed by atoms with E-state index in [1.165, 1.54) is 29.5 Å². The highest BCUT2D eigenvalue weighted by Crippen LogP contribution is 2.10. The second kappa shape index (κ2) is 6.99. The second-order valence-corrected chi connectivity index (χ2v) is 6.95. The fraction of sp³-hybridized carbons (Fsp3) is 0.100. The van der Waals surface area contributed by atoms with Crippen molar-refractivity contribution in [2.75, 3.05) is 0 Å². The summed E-state index contributed by atoms with van der Waals surface area (Å²) in [6.45, 7) is 3.87. The maximum Gasteiger partial charge on any atom is 0.266 e. The molecule has 25 heavy (non-hydrogen) atoms. The number of carbonyl (C=O) groups excluding carboxylic acids is 1. The molecule has 1 heterocycles. The zero-order valence-electron chi connectivity index (χ0n) is 13.8. The molecule has 3 nitrogen and oxygen atoms in total. The van der Waals surface area contributed by atoms with Gasteiger partial charge in [-0.15, -0.1) is 11.3 Å². The number of nitrogens with one attached hydrogen (secondary N) is 1. The van der Waals surface area contributed by atoms with Crippen molar-refractivity contribution in [3.05, 3.63) is 90.1 Å². The van der Waals surface area contributed by atoms with E-state index in [2.05, 4.69) is 4.98 Å². The number of halogens is 1. The number of aryl methyl sites for hydroxylation is 2. The molecule has 126 valence electrons. The van der Waals surface area contributed by atoms with E-state index >= 15 is 0 Å². The number of H-pyrrole nitrogens is 1. The third kappa shape index (κ3) is 4.19. The van der Waals surface area contributed by atoms with Crippen LogP contribution in [0.15, 0.2) is 47.3 Å². The lowest BCUT2D eigenvalue weighted by Gasteiger charge is -2.00. The fourth-order valence-electron chi connectivity index (χ4n) is 2.55. The van der Waals surface area contributed by atoms with Crippen LogP contribution in [0, 0.1) is 19.7 Å². The van der Waals surface area contributed by atoms with Crippen LogP contribution in [-0.2, 0) is 0 Å². The number of rotatable bonds is 3. The van der Waals surface area contributed by atoms with E-state index in [-0.39, 0.29) is 17.2 Å². The molecule has 5 heteroatoms. The van der Waals surface area contributed by atoms with Gasteiger partial charge in [0.15, 0.2) is 5.78 Å². The first-order valence-corrected chi connectivity index (χ1v) is 8.53. The molecular formula is C20H16FNO2S. The molecule has 0 bridgehead atoms. The van der Waals surface area contributed by atoms with Gasteiger partial charge in [0.1, 0.15) is 5.82 Å². The van der Waals surface area contributed by atoms with Gasteiger partial charge in [0, 0.05) is 11.6 Å². The van der Waals surface area contributed by atoms with Gasteiger partial charge in [0.2, 0.25) is 0 Å². The van der Waals surface area contributed by atoms with Crippen LogP contribution in [0.25, 0.3) is 12.2 Å². The van der Waals surface area contributed by atoms with E-state index in [0.717, 1.165) is 16.7 Å². The number of Topliss-reactive ketones (excluding diaryl/α,β-unsaturated/α-hetero) is 1. The first-order chi connectivity index (χ1) is 11.9. The van der Waals surface area contributed by atoms with Crippen molar-refractivity contribution in [2.45, 2.75) is 13.8 Å². The molecule has 2 aromatic carbocycles. The summed E-state index contributed by atoms with van der Waals surface area (Å²) in [5, 5.41) is 0. The third-order valence-corrected chi connectivity index (χ3v) is 4.58. The van der Waals surface area contributed by atoms with E-state index in [9.17, 15) is 14.0 Å². The van der Waals surface area contributed by atoms with Gasteiger partial charge in [-0.2, -0.15) is 0 Å². The van der Waals surface area contributed by atoms with Gasteiger partial charge in [0.25, 0.3) is 5.56 Å². The Hall–Kier alpha value is -2.79. The number of hydrogen-bond donors (Lipinski definition) is 1. The van der Waals surface area contributed by atoms with Gasteiger partial charge in [0.05, 0.1) is 9.20 Å². The molecule has 1 aromatic heterocycles. The number of ketones is 1. The molecule has 0 fully saturated rings. The molecule has 0 radical (unpaired) electrons. The van der Waals surface area contributed by atoms with Crippen LogP contribution >= 0.6 is 11.3 Å². The predicted molar refractivity (Wildman–Crippen MR) is 98.9 cm³/mol. The Kier molecular flexibility index (Phi) is 4.76. The van der Waals surface area contributed by atoms with Crippen LogP contribution in [-0.4, -0.2) is 10.8 Å². The van der Waals surface area contributed by atoms with Crippen molar-refractivity contribution < 1.29 is 9.18 Å². The minimum atomic E-state index is -0.328. The molecule has 0 aliphatic rings. The Morgan fingerprint density at radius 1 is 1.08 bits per heavy atom. The zero-order chi connectivity index (χ0) is 18.0. The highest BCUT2D eigenvalue weighted by molar-refractivity contribution is 7.07. The summed E-state index contributed by atoms with van der Waals surface area (Å²) in [6.07, 6.45) is 3.10. The Morgan fingerprint density at radius 2 is 1.72 bits per heavy atom. The molecule has 0 spiro atoms. The summed E-state index contributed by atoms with van der Waals surface area (Å²) in [6, 6.07) is 11.5. The normalized spacial score (nSPS) is 12.6. The smallest absolute Gasteiger partial charge is 0.266 e. The molecule has 3 aromatic rings. The number of thiazole rings is 1. The number of aromatic nitrogens is 1. The van der Waals surface area contributed by atoms with Crippen LogP contribution in [0.3, 0.4) is 0 Å². The molecule has 0 saturated heterocycles. The van der Waals surface area contributed by atoms with Gasteiger partial charge in [-0.05, 0) is 49.8 Å². The van der Waals surface area contributed by atoms with Gasteiger partial charge < -0.3 is 4.98 Å². The monoisotopic (exact) mass is 353 g/mol. The lowest BCUT2D eigenvalue weighted by atomic mass is 10.0. The third-order valence-electron chi connectivity index (χ3n) is 3.62. The Balaban J connectivity index is 1.99. The van der Waals surface area contributed by atoms with Crippen LogP contribution in [0.5, 0.6) is 0 Å². The maximum absolute atomic E-state index is 12.9. The molecule has 1 N–H and O–H groups in total. The Labute approximate surface area is 147 Å². The van der Waals surface area contributed by atoms with Crippen LogP contribution in [0.1, 0.15) is 27.0 Å². The van der Waals surface area contributed by atoms with Crippen molar-refractivity contribution in [3.63, 3.8) is 0 Å². The minimum Gasteiger partial charge on any atom is -0.313 e. The molecule has 0 amide bonds. The lowest BCUT2D eigenvalue weighted by molar-refractivity contribution is 0.106. The standard InChI is InChI=1S/C20H16FNO2S/c1-12-7-13(2)9-15(8-12)17(23)11-19-22-20(24)18(25-19)10-14-3-5-16(21)6-4-14/h3-11H,1-2H3,(H,22,24)/b18-10+,19-11+. The van der Waals surface area contributed by atoms with Gasteiger partial charge in [-0.25, -0.2) is 4.39 Å². The molecule has 0 saturated carbocycles. The second-order valence-electron chi connectivity index (χ2n) is 5.87. The van der Waals surface area contributed by atoms with Gasteiger partial charge >= 0.3 is 0 Å². The van der Waals surface area contributed by atoms with Gasteiger partial charge in [-0.1, -0.05) is 29.3 Å². The number of hydrogen-bond acceptors (Lipinski definition) is 3. The van der Waals surface area contributed by atoms with E-state index in [0.29, 0.717) is 14.8 Å². The first-order valence-electron chi connectivity index (χ1n) is 7.71. The lowest BCUT2D eigenvalue weighted by Crippen LogP contribution is -2.20. The van der Waals surface area contributed by atoms with E-state index in [1.807, 2.05) is 32.0 Å². The SMILES string of the molecule is Cc1cc(C)cc(C(=O)/C=c2\[nH]c(=O)/c(=C\c3ccc(F)cc3)s2)c1. The molecule has 3 rings (SSSR count). The zero-order valence-corrected chi connectivity index (χ0v) is 14.6. The summed E-state index contributed by atoms with van der Waals surface area (Å²) < 4.78 is 13.9. The predicted octanol–water partition coefficient (Wildman–Crippen LogP) is 2.68. The molecule has 0 unspecified atom stereocenters. The molecule has 0 aliphatic carbocycles. The highest BCUT2D eigenvalue weighted by atomic mass is 32.1. The Morgan fingerprint density at radius 3 is 2.36 bits per heavy atom. The fourth-order valence-corrected chi connectivity index (χ4v) is 3.44. The van der Waals surface area contributed by atoms with E-state index in [4.69, 9.17) is 0 Å². The summed E-state index contributed by atoms with van der Waals surface area (Å²) in [5.74, 6) is -0.483. The van der Waals surface area contributed by atoms with E-state index in [1.54, 1.807) is 18.2 Å². The Bertz CT molecular complexity index is 1090. The number of aromatic amines is 1. The topological polar surface area (TPSA) is 49.9 Å².